The fourth-order valence-corrected chi connectivity index (χ4v) is 4.84. The normalized spacial score (nSPS) is 29.8. The Morgan fingerprint density at radius 2 is 2.25 bits per heavy atom. The van der Waals surface area contributed by atoms with E-state index < -0.39 is 0 Å². The molecule has 4 nitrogen and oxygen atoms in total. The largest absolute Gasteiger partial charge is 0.374 e. The lowest BCUT2D eigenvalue weighted by Gasteiger charge is -2.37. The van der Waals surface area contributed by atoms with Crippen molar-refractivity contribution >= 4 is 16.5 Å². The Morgan fingerprint density at radius 1 is 1.35 bits per heavy atom. The smallest absolute Gasteiger partial charge is 0.186 e. The van der Waals surface area contributed by atoms with E-state index in [0.29, 0.717) is 12.1 Å². The number of aromatic nitrogens is 1. The predicted molar refractivity (Wildman–Crippen MR) is 81.6 cm³/mol. The van der Waals surface area contributed by atoms with Gasteiger partial charge >= 0.3 is 0 Å². The van der Waals surface area contributed by atoms with E-state index in [1.54, 1.807) is 0 Å². The van der Waals surface area contributed by atoms with Gasteiger partial charge in [-0.25, -0.2) is 4.98 Å². The van der Waals surface area contributed by atoms with Crippen molar-refractivity contribution in [3.05, 3.63) is 10.6 Å². The number of fused-ring (bicyclic) bond motifs is 1. The molecule has 0 amide bonds. The zero-order valence-electron chi connectivity index (χ0n) is 12.1. The van der Waals surface area contributed by atoms with Crippen LogP contribution in [0.2, 0.25) is 0 Å². The summed E-state index contributed by atoms with van der Waals surface area (Å²) in [5, 5.41) is 4.54. The van der Waals surface area contributed by atoms with Crippen molar-refractivity contribution in [2.75, 3.05) is 25.1 Å². The molecule has 1 aliphatic heterocycles. The molecule has 1 aromatic rings. The molecule has 0 bridgehead atoms. The van der Waals surface area contributed by atoms with Gasteiger partial charge < -0.3 is 15.0 Å². The molecule has 2 unspecified atom stereocenters. The van der Waals surface area contributed by atoms with E-state index in [4.69, 9.17) is 9.72 Å². The number of nitrogens with one attached hydrogen (secondary N) is 1. The van der Waals surface area contributed by atoms with Crippen molar-refractivity contribution in [1.29, 1.82) is 0 Å². The number of thiazole rings is 1. The van der Waals surface area contributed by atoms with E-state index in [2.05, 4.69) is 10.2 Å². The summed E-state index contributed by atoms with van der Waals surface area (Å²) in [6.45, 7) is 2.83. The van der Waals surface area contributed by atoms with Crippen LogP contribution in [0.1, 0.15) is 48.6 Å². The molecular weight excluding hydrogens is 270 g/mol. The van der Waals surface area contributed by atoms with Crippen molar-refractivity contribution < 1.29 is 4.74 Å². The minimum atomic E-state index is 0.449. The quantitative estimate of drug-likeness (QED) is 0.925. The standard InChI is InChI=1S/C15H23N3OS/c1-16-9-13-14(10-5-6-10)17-15(20-13)18-7-8-19-12-4-2-3-11(12)18/h10-12,16H,2-9H2,1H3. The first-order valence-electron chi connectivity index (χ1n) is 7.89. The highest BCUT2D eigenvalue weighted by atomic mass is 32.1. The number of ether oxygens (including phenoxy) is 1. The molecule has 1 saturated heterocycles. The fourth-order valence-electron chi connectivity index (χ4n) is 3.60. The molecule has 2 aliphatic carbocycles. The summed E-state index contributed by atoms with van der Waals surface area (Å²) in [7, 11) is 2.03. The molecule has 3 aliphatic rings. The van der Waals surface area contributed by atoms with E-state index in [-0.39, 0.29) is 0 Å². The van der Waals surface area contributed by atoms with Crippen LogP contribution in [0.3, 0.4) is 0 Å². The second-order valence-corrected chi connectivity index (χ2v) is 7.27. The Morgan fingerprint density at radius 3 is 3.05 bits per heavy atom. The molecule has 0 radical (unpaired) electrons. The third-order valence-corrected chi connectivity index (χ3v) is 5.85. The van der Waals surface area contributed by atoms with Gasteiger partial charge in [-0.3, -0.25) is 0 Å². The molecule has 20 heavy (non-hydrogen) atoms. The van der Waals surface area contributed by atoms with Crippen LogP contribution in [0.15, 0.2) is 0 Å². The Labute approximate surface area is 124 Å². The third kappa shape index (κ3) is 2.26. The van der Waals surface area contributed by atoms with Gasteiger partial charge in [0.05, 0.1) is 24.4 Å². The van der Waals surface area contributed by atoms with Crippen LogP contribution < -0.4 is 10.2 Å². The highest BCUT2D eigenvalue weighted by Gasteiger charge is 2.38. The average molecular weight is 293 g/mol. The fraction of sp³-hybridized carbons (Fsp3) is 0.800. The number of anilines is 1. The van der Waals surface area contributed by atoms with Gasteiger partial charge in [-0.2, -0.15) is 0 Å². The highest BCUT2D eigenvalue weighted by Crippen LogP contribution is 2.45. The lowest BCUT2D eigenvalue weighted by Crippen LogP contribution is -2.48. The van der Waals surface area contributed by atoms with Crippen LogP contribution in [0.25, 0.3) is 0 Å². The molecule has 1 N–H and O–H groups in total. The Balaban J connectivity index is 1.62. The predicted octanol–water partition coefficient (Wildman–Crippen LogP) is 2.50. The summed E-state index contributed by atoms with van der Waals surface area (Å²) in [6.07, 6.45) is 6.90. The molecule has 0 spiro atoms. The third-order valence-electron chi connectivity index (χ3n) is 4.75. The van der Waals surface area contributed by atoms with Crippen LogP contribution in [-0.2, 0) is 11.3 Å². The van der Waals surface area contributed by atoms with Gasteiger partial charge in [0.2, 0.25) is 0 Å². The summed E-state index contributed by atoms with van der Waals surface area (Å²) in [6, 6.07) is 0.574. The summed E-state index contributed by atoms with van der Waals surface area (Å²) >= 11 is 1.90. The molecule has 5 heteroatoms. The minimum absolute atomic E-state index is 0.449. The van der Waals surface area contributed by atoms with Crippen LogP contribution >= 0.6 is 11.3 Å². The Kier molecular flexibility index (Phi) is 3.44. The topological polar surface area (TPSA) is 37.4 Å². The van der Waals surface area contributed by atoms with E-state index in [1.807, 2.05) is 18.4 Å². The van der Waals surface area contributed by atoms with Gasteiger partial charge in [-0.15, -0.1) is 11.3 Å². The van der Waals surface area contributed by atoms with Crippen LogP contribution in [0.4, 0.5) is 5.13 Å². The van der Waals surface area contributed by atoms with Gasteiger partial charge in [0, 0.05) is 23.9 Å². The van der Waals surface area contributed by atoms with Gasteiger partial charge in [-0.05, 0) is 39.2 Å². The van der Waals surface area contributed by atoms with E-state index >= 15 is 0 Å². The maximum Gasteiger partial charge on any atom is 0.186 e. The van der Waals surface area contributed by atoms with E-state index in [9.17, 15) is 0 Å². The van der Waals surface area contributed by atoms with Crippen molar-refractivity contribution in [3.8, 4) is 0 Å². The number of hydrogen-bond donors (Lipinski definition) is 1. The number of hydrogen-bond acceptors (Lipinski definition) is 5. The molecule has 3 fully saturated rings. The van der Waals surface area contributed by atoms with Crippen LogP contribution in [-0.4, -0.2) is 37.3 Å². The zero-order valence-corrected chi connectivity index (χ0v) is 12.9. The number of morpholine rings is 1. The van der Waals surface area contributed by atoms with Gasteiger partial charge in [0.15, 0.2) is 5.13 Å². The molecule has 4 rings (SSSR count). The van der Waals surface area contributed by atoms with Crippen molar-refractivity contribution in [1.82, 2.24) is 10.3 Å². The summed E-state index contributed by atoms with van der Waals surface area (Å²) in [4.78, 5) is 9.01. The molecule has 2 atom stereocenters. The van der Waals surface area contributed by atoms with Crippen LogP contribution in [0, 0.1) is 0 Å². The minimum Gasteiger partial charge on any atom is -0.374 e. The van der Waals surface area contributed by atoms with E-state index in [1.165, 1.54) is 47.8 Å². The van der Waals surface area contributed by atoms with Crippen molar-refractivity contribution in [2.45, 2.75) is 56.7 Å². The van der Waals surface area contributed by atoms with Crippen molar-refractivity contribution in [2.24, 2.45) is 0 Å². The Hall–Kier alpha value is -0.650. The van der Waals surface area contributed by atoms with Crippen LogP contribution in [0.5, 0.6) is 0 Å². The summed E-state index contributed by atoms with van der Waals surface area (Å²) < 4.78 is 5.92. The zero-order chi connectivity index (χ0) is 13.5. The monoisotopic (exact) mass is 293 g/mol. The molecule has 1 aromatic heterocycles. The first-order valence-corrected chi connectivity index (χ1v) is 8.71. The first kappa shape index (κ1) is 13.0. The average Bonchev–Trinajstić information content (AvgIpc) is 3.04. The van der Waals surface area contributed by atoms with E-state index in [0.717, 1.165) is 25.6 Å². The first-order chi connectivity index (χ1) is 9.86. The van der Waals surface area contributed by atoms with Gasteiger partial charge in [-0.1, -0.05) is 0 Å². The second-order valence-electron chi connectivity index (χ2n) is 6.21. The molecular formula is C15H23N3OS. The lowest BCUT2D eigenvalue weighted by molar-refractivity contribution is 0.0256. The summed E-state index contributed by atoms with van der Waals surface area (Å²) in [5.41, 5.74) is 1.38. The maximum absolute atomic E-state index is 5.92. The molecule has 2 heterocycles. The van der Waals surface area contributed by atoms with Gasteiger partial charge in [0.25, 0.3) is 0 Å². The molecule has 110 valence electrons. The molecule has 2 saturated carbocycles. The van der Waals surface area contributed by atoms with Gasteiger partial charge in [0.1, 0.15) is 0 Å². The number of rotatable bonds is 4. The number of nitrogens with zero attached hydrogens (tertiary/aromatic N) is 2. The Bertz CT molecular complexity index is 485. The summed E-state index contributed by atoms with van der Waals surface area (Å²) in [5.74, 6) is 0.740. The highest BCUT2D eigenvalue weighted by molar-refractivity contribution is 7.15. The molecule has 0 aromatic carbocycles. The maximum atomic E-state index is 5.92. The van der Waals surface area contributed by atoms with Crippen molar-refractivity contribution in [3.63, 3.8) is 0 Å². The lowest BCUT2D eigenvalue weighted by atomic mass is 10.1. The second kappa shape index (κ2) is 5.28. The SMILES string of the molecule is CNCc1sc(N2CCOC3CCCC32)nc1C1CC1.